The molecule has 1 aromatic carbocycles. The smallest absolute Gasteiger partial charge is 0.404 e. The van der Waals surface area contributed by atoms with Crippen molar-refractivity contribution in [3.63, 3.8) is 0 Å². The van der Waals surface area contributed by atoms with Crippen molar-refractivity contribution in [3.05, 3.63) is 23.2 Å². The molecule has 1 saturated heterocycles. The molecule has 8 nitrogen and oxygen atoms in total. The van der Waals surface area contributed by atoms with Gasteiger partial charge in [0, 0.05) is 24.8 Å². The molecule has 198 valence electrons. The van der Waals surface area contributed by atoms with E-state index in [9.17, 15) is 13.2 Å². The van der Waals surface area contributed by atoms with Crippen molar-refractivity contribution >= 4 is 35.1 Å². The van der Waals surface area contributed by atoms with Crippen LogP contribution in [0.4, 0.5) is 36.7 Å². The van der Waals surface area contributed by atoms with Crippen LogP contribution in [0.3, 0.4) is 0 Å². The fourth-order valence-electron chi connectivity index (χ4n) is 4.88. The minimum absolute atomic E-state index is 0.179. The van der Waals surface area contributed by atoms with Gasteiger partial charge in [-0.05, 0) is 62.9 Å². The number of rotatable bonds is 10. The lowest BCUT2D eigenvalue weighted by molar-refractivity contribution is -0.274. The third kappa shape index (κ3) is 7.73. The van der Waals surface area contributed by atoms with Gasteiger partial charge in [0.1, 0.15) is 5.75 Å². The van der Waals surface area contributed by atoms with Crippen molar-refractivity contribution < 1.29 is 17.9 Å². The van der Waals surface area contributed by atoms with E-state index in [2.05, 4.69) is 47.5 Å². The quantitative estimate of drug-likeness (QED) is 0.344. The lowest BCUT2D eigenvalue weighted by atomic mass is 9.89. The fourth-order valence-corrected chi connectivity index (χ4v) is 5.10. The van der Waals surface area contributed by atoms with Crippen molar-refractivity contribution in [2.24, 2.45) is 5.92 Å². The van der Waals surface area contributed by atoms with Gasteiger partial charge in [-0.1, -0.05) is 37.8 Å². The maximum absolute atomic E-state index is 12.6. The van der Waals surface area contributed by atoms with Gasteiger partial charge in [-0.3, -0.25) is 4.90 Å². The minimum Gasteiger partial charge on any atom is -0.404 e. The summed E-state index contributed by atoms with van der Waals surface area (Å²) in [6.07, 6.45) is 3.62. The first-order valence-corrected chi connectivity index (χ1v) is 13.0. The van der Waals surface area contributed by atoms with Gasteiger partial charge in [-0.15, -0.1) is 13.2 Å². The second kappa shape index (κ2) is 12.1. The van der Waals surface area contributed by atoms with Gasteiger partial charge in [0.15, 0.2) is 0 Å². The van der Waals surface area contributed by atoms with Crippen LogP contribution in [0.1, 0.15) is 51.9 Å². The lowest BCUT2D eigenvalue weighted by Gasteiger charge is -2.23. The van der Waals surface area contributed by atoms with Crippen molar-refractivity contribution in [3.8, 4) is 5.75 Å². The summed E-state index contributed by atoms with van der Waals surface area (Å²) in [7, 11) is 0. The molecule has 36 heavy (non-hydrogen) atoms. The molecule has 0 radical (unpaired) electrons. The molecule has 2 aliphatic rings. The molecule has 2 fully saturated rings. The lowest BCUT2D eigenvalue weighted by Crippen LogP contribution is -2.35. The highest BCUT2D eigenvalue weighted by Gasteiger charge is 2.32. The largest absolute Gasteiger partial charge is 0.573 e. The van der Waals surface area contributed by atoms with Gasteiger partial charge in [0.25, 0.3) is 0 Å². The summed E-state index contributed by atoms with van der Waals surface area (Å²) >= 11 is 6.00. The molecule has 12 heteroatoms. The number of hydrogen-bond donors (Lipinski definition) is 3. The van der Waals surface area contributed by atoms with Crippen LogP contribution >= 0.6 is 11.6 Å². The molecule has 4 rings (SSSR count). The Morgan fingerprint density at radius 3 is 2.33 bits per heavy atom. The topological polar surface area (TPSA) is 87.2 Å². The Balaban J connectivity index is 1.48. The van der Waals surface area contributed by atoms with Crippen LogP contribution in [0.5, 0.6) is 5.75 Å². The number of hydrogen-bond acceptors (Lipinski definition) is 8. The summed E-state index contributed by atoms with van der Waals surface area (Å²) in [5.41, 5.74) is 0.429. The highest BCUT2D eigenvalue weighted by molar-refractivity contribution is 6.32. The van der Waals surface area contributed by atoms with Crippen LogP contribution in [0, 0.1) is 5.92 Å². The van der Waals surface area contributed by atoms with Crippen LogP contribution < -0.4 is 20.7 Å². The van der Waals surface area contributed by atoms with Crippen LogP contribution in [0.2, 0.25) is 5.02 Å². The molecule has 1 aliphatic carbocycles. The van der Waals surface area contributed by atoms with Crippen molar-refractivity contribution in [1.82, 2.24) is 19.9 Å². The fraction of sp³-hybridized carbons (Fsp3) is 0.625. The highest BCUT2D eigenvalue weighted by atomic mass is 35.5. The molecule has 0 amide bonds. The van der Waals surface area contributed by atoms with E-state index in [4.69, 9.17) is 11.6 Å². The zero-order valence-corrected chi connectivity index (χ0v) is 21.1. The van der Waals surface area contributed by atoms with Gasteiger partial charge < -0.3 is 20.7 Å². The molecular weight excluding hydrogens is 495 g/mol. The molecule has 1 atom stereocenters. The molecule has 1 unspecified atom stereocenters. The van der Waals surface area contributed by atoms with Crippen LogP contribution in [-0.4, -0.2) is 58.4 Å². The molecule has 1 saturated carbocycles. The molecule has 2 aromatic rings. The minimum atomic E-state index is -4.82. The zero-order chi connectivity index (χ0) is 25.5. The average Bonchev–Trinajstić information content (AvgIpc) is 3.31. The second-order valence-electron chi connectivity index (χ2n) is 9.31. The molecule has 2 heterocycles. The molecule has 0 spiro atoms. The number of anilines is 4. The Hall–Kier alpha value is -2.53. The molecule has 3 N–H and O–H groups in total. The first-order chi connectivity index (χ1) is 17.3. The van der Waals surface area contributed by atoms with E-state index in [0.717, 1.165) is 32.1 Å². The SMILES string of the molecule is CCN1CCCC1CNc1nc(NCC2CCCCC2)nc(Nc2ccc(OC(F)(F)F)c(Cl)c2)n1. The van der Waals surface area contributed by atoms with E-state index >= 15 is 0 Å². The normalized spacial score (nSPS) is 19.3. The summed E-state index contributed by atoms with van der Waals surface area (Å²) in [6.45, 7) is 5.75. The summed E-state index contributed by atoms with van der Waals surface area (Å²) in [5, 5.41) is 9.55. The molecular formula is C24H33ClF3N7O. The maximum atomic E-state index is 12.6. The van der Waals surface area contributed by atoms with Gasteiger partial charge in [-0.25, -0.2) is 0 Å². The van der Waals surface area contributed by atoms with Gasteiger partial charge >= 0.3 is 6.36 Å². The monoisotopic (exact) mass is 527 g/mol. The number of benzene rings is 1. The predicted molar refractivity (Wildman–Crippen MR) is 135 cm³/mol. The van der Waals surface area contributed by atoms with E-state index in [1.54, 1.807) is 0 Å². The number of ether oxygens (including phenoxy) is 1. The van der Waals surface area contributed by atoms with E-state index in [1.165, 1.54) is 50.7 Å². The Morgan fingerprint density at radius 2 is 1.67 bits per heavy atom. The Kier molecular flexibility index (Phi) is 8.95. The molecule has 0 bridgehead atoms. The van der Waals surface area contributed by atoms with Crippen LogP contribution in [0.15, 0.2) is 18.2 Å². The van der Waals surface area contributed by atoms with E-state index < -0.39 is 12.1 Å². The predicted octanol–water partition coefficient (Wildman–Crippen LogP) is 6.06. The number of nitrogens with zero attached hydrogens (tertiary/aromatic N) is 4. The number of alkyl halides is 3. The summed E-state index contributed by atoms with van der Waals surface area (Å²) in [4.78, 5) is 16.0. The number of likely N-dealkylation sites (N-methyl/N-ethyl adjacent to an activating group) is 1. The molecule has 1 aliphatic heterocycles. The van der Waals surface area contributed by atoms with E-state index in [-0.39, 0.29) is 11.0 Å². The second-order valence-corrected chi connectivity index (χ2v) is 9.72. The maximum Gasteiger partial charge on any atom is 0.573 e. The first kappa shape index (κ1) is 26.5. The van der Waals surface area contributed by atoms with Crippen molar-refractivity contribution in [2.75, 3.05) is 42.1 Å². The number of halogens is 4. The zero-order valence-electron chi connectivity index (χ0n) is 20.4. The van der Waals surface area contributed by atoms with Gasteiger partial charge in [0.05, 0.1) is 5.02 Å². The Labute approximate surface area is 214 Å². The third-order valence-corrected chi connectivity index (χ3v) is 7.02. The van der Waals surface area contributed by atoms with Crippen LogP contribution in [-0.2, 0) is 0 Å². The summed E-state index contributed by atoms with van der Waals surface area (Å²) in [6, 6.07) is 4.34. The third-order valence-electron chi connectivity index (χ3n) is 6.72. The number of aromatic nitrogens is 3. The Bertz CT molecular complexity index is 1000. The molecule has 1 aromatic heterocycles. The van der Waals surface area contributed by atoms with Crippen molar-refractivity contribution in [1.29, 1.82) is 0 Å². The summed E-state index contributed by atoms with van der Waals surface area (Å²) in [5.74, 6) is 1.25. The first-order valence-electron chi connectivity index (χ1n) is 12.6. The van der Waals surface area contributed by atoms with E-state index in [1.807, 2.05) is 0 Å². The van der Waals surface area contributed by atoms with Crippen LogP contribution in [0.25, 0.3) is 0 Å². The highest BCUT2D eigenvalue weighted by Crippen LogP contribution is 2.33. The summed E-state index contributed by atoms with van der Waals surface area (Å²) < 4.78 is 41.6. The number of likely N-dealkylation sites (tertiary alicyclic amines) is 1. The van der Waals surface area contributed by atoms with Crippen molar-refractivity contribution in [2.45, 2.75) is 64.3 Å². The number of nitrogens with one attached hydrogen (secondary N) is 3. The van der Waals surface area contributed by atoms with E-state index in [0.29, 0.717) is 36.1 Å². The Morgan fingerprint density at radius 1 is 0.972 bits per heavy atom. The average molecular weight is 528 g/mol. The standard InChI is InChI=1S/C24H33ClF3N7O/c1-2-35-12-6-9-18(35)15-30-22-32-21(29-14-16-7-4-3-5-8-16)33-23(34-22)31-17-10-11-20(19(25)13-17)36-24(26,27)28/h10-11,13,16,18H,2-9,12,14-15H2,1H3,(H3,29,30,31,32,33,34). The van der Waals surface area contributed by atoms with Gasteiger partial charge in [-0.2, -0.15) is 15.0 Å². The van der Waals surface area contributed by atoms with Gasteiger partial charge in [0.2, 0.25) is 17.8 Å².